The highest BCUT2D eigenvalue weighted by molar-refractivity contribution is 7.98. The van der Waals surface area contributed by atoms with Gasteiger partial charge >= 0.3 is 5.97 Å². The highest BCUT2D eigenvalue weighted by Crippen LogP contribution is 2.10. The third-order valence-corrected chi connectivity index (χ3v) is 5.48. The van der Waals surface area contributed by atoms with Crippen molar-refractivity contribution in [2.75, 3.05) is 18.6 Å². The maximum Gasteiger partial charge on any atom is 0.322 e. The van der Waals surface area contributed by atoms with Gasteiger partial charge in [0.05, 0.1) is 6.61 Å². The number of allylic oxidation sites excluding steroid dienone is 2. The van der Waals surface area contributed by atoms with E-state index in [-0.39, 0.29) is 5.97 Å². The van der Waals surface area contributed by atoms with Crippen LogP contribution >= 0.6 is 11.8 Å². The van der Waals surface area contributed by atoms with E-state index in [0.717, 1.165) is 18.6 Å². The molecular formula is C23H45NO2S. The van der Waals surface area contributed by atoms with Crippen molar-refractivity contribution >= 4 is 17.7 Å². The molecular weight excluding hydrogens is 354 g/mol. The molecule has 0 bridgehead atoms. The Balaban J connectivity index is 3.24. The number of ether oxygens (including phenoxy) is 1. The molecule has 0 amide bonds. The molecule has 3 nitrogen and oxygen atoms in total. The Bertz CT molecular complexity index is 347. The maximum absolute atomic E-state index is 11.6. The van der Waals surface area contributed by atoms with Crippen molar-refractivity contribution in [1.82, 2.24) is 0 Å². The number of carbonyl (C=O) groups excluding carboxylic acids is 1. The zero-order valence-electron chi connectivity index (χ0n) is 18.1. The van der Waals surface area contributed by atoms with E-state index in [1.807, 2.05) is 6.26 Å². The Hall–Kier alpha value is -0.480. The molecule has 27 heavy (non-hydrogen) atoms. The molecule has 0 fully saturated rings. The normalized spacial score (nSPS) is 12.6. The van der Waals surface area contributed by atoms with E-state index in [4.69, 9.17) is 10.5 Å². The van der Waals surface area contributed by atoms with Gasteiger partial charge in [-0.25, -0.2) is 0 Å². The van der Waals surface area contributed by atoms with Crippen LogP contribution in [0.25, 0.3) is 0 Å². The summed E-state index contributed by atoms with van der Waals surface area (Å²) in [7, 11) is 0. The summed E-state index contributed by atoms with van der Waals surface area (Å²) in [6.45, 7) is 2.79. The van der Waals surface area contributed by atoms with Gasteiger partial charge in [0, 0.05) is 0 Å². The van der Waals surface area contributed by atoms with Crippen molar-refractivity contribution in [3.05, 3.63) is 12.2 Å². The Morgan fingerprint density at radius 3 is 1.96 bits per heavy atom. The van der Waals surface area contributed by atoms with Crippen LogP contribution in [0.2, 0.25) is 0 Å². The van der Waals surface area contributed by atoms with Crippen LogP contribution in [0, 0.1) is 0 Å². The summed E-state index contributed by atoms with van der Waals surface area (Å²) in [6.07, 6.45) is 25.5. The van der Waals surface area contributed by atoms with E-state index in [1.54, 1.807) is 11.8 Å². The van der Waals surface area contributed by atoms with Crippen LogP contribution in [-0.2, 0) is 9.53 Å². The lowest BCUT2D eigenvalue weighted by atomic mass is 10.1. The third-order valence-electron chi connectivity index (χ3n) is 4.84. The zero-order chi connectivity index (χ0) is 20.0. The lowest BCUT2D eigenvalue weighted by Gasteiger charge is -2.10. The average Bonchev–Trinajstić information content (AvgIpc) is 2.68. The summed E-state index contributed by atoms with van der Waals surface area (Å²) < 4.78 is 5.24. The molecule has 0 aliphatic heterocycles. The highest BCUT2D eigenvalue weighted by atomic mass is 32.2. The first-order valence-electron chi connectivity index (χ1n) is 11.3. The Kier molecular flexibility index (Phi) is 21.4. The quantitative estimate of drug-likeness (QED) is 0.141. The first-order chi connectivity index (χ1) is 13.2. The van der Waals surface area contributed by atoms with Crippen molar-refractivity contribution in [2.45, 2.75) is 109 Å². The zero-order valence-corrected chi connectivity index (χ0v) is 18.9. The Labute approximate surface area is 173 Å². The van der Waals surface area contributed by atoms with Gasteiger partial charge in [-0.15, -0.1) is 0 Å². The molecule has 0 saturated carbocycles. The molecule has 1 atom stereocenters. The molecule has 0 aromatic carbocycles. The fraction of sp³-hybridized carbons (Fsp3) is 0.870. The molecule has 0 aromatic rings. The van der Waals surface area contributed by atoms with E-state index < -0.39 is 6.04 Å². The number of thioether (sulfide) groups is 1. The summed E-state index contributed by atoms with van der Waals surface area (Å²) in [6, 6.07) is -0.452. The number of nitrogens with two attached hydrogens (primary N) is 1. The number of hydrogen-bond acceptors (Lipinski definition) is 4. The molecule has 0 unspecified atom stereocenters. The fourth-order valence-electron chi connectivity index (χ4n) is 2.99. The predicted molar refractivity (Wildman–Crippen MR) is 121 cm³/mol. The summed E-state index contributed by atoms with van der Waals surface area (Å²) in [5.74, 6) is 0.668. The lowest BCUT2D eigenvalue weighted by Crippen LogP contribution is -2.33. The molecule has 0 saturated heterocycles. The second-order valence-electron chi connectivity index (χ2n) is 7.49. The molecule has 160 valence electrons. The molecule has 0 aliphatic carbocycles. The Morgan fingerprint density at radius 2 is 1.41 bits per heavy atom. The second-order valence-corrected chi connectivity index (χ2v) is 8.48. The van der Waals surface area contributed by atoms with E-state index in [1.165, 1.54) is 77.0 Å². The topological polar surface area (TPSA) is 52.3 Å². The lowest BCUT2D eigenvalue weighted by molar-refractivity contribution is -0.145. The summed E-state index contributed by atoms with van der Waals surface area (Å²) >= 11 is 1.71. The van der Waals surface area contributed by atoms with Crippen LogP contribution in [0.1, 0.15) is 103 Å². The van der Waals surface area contributed by atoms with Gasteiger partial charge < -0.3 is 10.5 Å². The molecule has 0 heterocycles. The van der Waals surface area contributed by atoms with Gasteiger partial charge in [0.1, 0.15) is 6.04 Å². The summed E-state index contributed by atoms with van der Waals surface area (Å²) in [5, 5.41) is 0. The third kappa shape index (κ3) is 20.1. The molecule has 0 aliphatic rings. The largest absolute Gasteiger partial charge is 0.465 e. The number of unbranched alkanes of at least 4 members (excludes halogenated alkanes) is 12. The van der Waals surface area contributed by atoms with Crippen molar-refractivity contribution < 1.29 is 9.53 Å². The van der Waals surface area contributed by atoms with Crippen LogP contribution in [-0.4, -0.2) is 30.6 Å². The first-order valence-corrected chi connectivity index (χ1v) is 12.7. The SMILES string of the molecule is CCCCCCCCC=CCCCCCCCCOC(=O)[C@@H](N)CCSC. The Morgan fingerprint density at radius 1 is 0.889 bits per heavy atom. The van der Waals surface area contributed by atoms with Gasteiger partial charge in [-0.1, -0.05) is 76.9 Å². The fourth-order valence-corrected chi connectivity index (χ4v) is 3.48. The summed E-state index contributed by atoms with van der Waals surface area (Å²) in [4.78, 5) is 11.6. The number of esters is 1. The van der Waals surface area contributed by atoms with Gasteiger partial charge in [-0.2, -0.15) is 11.8 Å². The molecule has 0 rings (SSSR count). The van der Waals surface area contributed by atoms with E-state index in [9.17, 15) is 4.79 Å². The predicted octanol–water partition coefficient (Wildman–Crippen LogP) is 6.65. The van der Waals surface area contributed by atoms with Crippen molar-refractivity contribution in [3.63, 3.8) is 0 Å². The van der Waals surface area contributed by atoms with Crippen molar-refractivity contribution in [3.8, 4) is 0 Å². The monoisotopic (exact) mass is 399 g/mol. The van der Waals surface area contributed by atoms with Crippen molar-refractivity contribution in [1.29, 1.82) is 0 Å². The molecule has 0 aromatic heterocycles. The molecule has 2 N–H and O–H groups in total. The van der Waals surface area contributed by atoms with Crippen LogP contribution in [0.4, 0.5) is 0 Å². The number of carbonyl (C=O) groups is 1. The van der Waals surface area contributed by atoms with E-state index in [2.05, 4.69) is 19.1 Å². The van der Waals surface area contributed by atoms with Crippen molar-refractivity contribution in [2.24, 2.45) is 5.73 Å². The standard InChI is InChI=1S/C23H45NO2S/c1-3-4-5-6-7-8-9-10-11-12-13-14-15-16-17-18-20-26-23(25)22(24)19-21-27-2/h10-11,22H,3-9,12-21,24H2,1-2H3/t22-/m0/s1. The van der Waals surface area contributed by atoms with Gasteiger partial charge in [-0.05, 0) is 50.5 Å². The van der Waals surface area contributed by atoms with Crippen LogP contribution in [0.15, 0.2) is 12.2 Å². The maximum atomic E-state index is 11.6. The number of rotatable bonds is 20. The smallest absolute Gasteiger partial charge is 0.322 e. The van der Waals surface area contributed by atoms with Crippen LogP contribution in [0.5, 0.6) is 0 Å². The van der Waals surface area contributed by atoms with E-state index >= 15 is 0 Å². The van der Waals surface area contributed by atoms with Gasteiger partial charge in [0.25, 0.3) is 0 Å². The van der Waals surface area contributed by atoms with Crippen LogP contribution < -0.4 is 5.73 Å². The minimum Gasteiger partial charge on any atom is -0.465 e. The van der Waals surface area contributed by atoms with Crippen LogP contribution in [0.3, 0.4) is 0 Å². The molecule has 4 heteroatoms. The second kappa shape index (κ2) is 21.8. The van der Waals surface area contributed by atoms with Gasteiger partial charge in [0.2, 0.25) is 0 Å². The minimum absolute atomic E-state index is 0.239. The molecule has 0 spiro atoms. The number of hydrogen-bond donors (Lipinski definition) is 1. The van der Waals surface area contributed by atoms with E-state index in [0.29, 0.717) is 13.0 Å². The van der Waals surface area contributed by atoms with Gasteiger partial charge in [0.15, 0.2) is 0 Å². The first kappa shape index (κ1) is 26.5. The minimum atomic E-state index is -0.452. The molecule has 0 radical (unpaired) electrons. The highest BCUT2D eigenvalue weighted by Gasteiger charge is 2.13. The summed E-state index contributed by atoms with van der Waals surface area (Å²) in [5.41, 5.74) is 5.78. The average molecular weight is 400 g/mol. The van der Waals surface area contributed by atoms with Gasteiger partial charge in [-0.3, -0.25) is 4.79 Å².